The van der Waals surface area contributed by atoms with E-state index in [1.807, 2.05) is 48.5 Å². The van der Waals surface area contributed by atoms with Crippen molar-refractivity contribution in [1.82, 2.24) is 9.97 Å². The van der Waals surface area contributed by atoms with Gasteiger partial charge in [0, 0.05) is 36.1 Å². The van der Waals surface area contributed by atoms with Crippen molar-refractivity contribution in [3.8, 4) is 11.1 Å². The molecular formula is C37H39N7O5. The lowest BCUT2D eigenvalue weighted by Gasteiger charge is -2.01. The molecule has 252 valence electrons. The number of nitrogens with zero attached hydrogens (tertiary/aromatic N) is 2. The van der Waals surface area contributed by atoms with Gasteiger partial charge in [-0.1, -0.05) is 72.8 Å². The summed E-state index contributed by atoms with van der Waals surface area (Å²) in [6.45, 7) is 3.42. The number of amides is 5. The molecule has 49 heavy (non-hydrogen) atoms. The second-order valence-corrected chi connectivity index (χ2v) is 9.52. The number of primary amides is 5. The smallest absolute Gasteiger partial charge is 0.267 e. The first-order valence-corrected chi connectivity index (χ1v) is 14.6. The summed E-state index contributed by atoms with van der Waals surface area (Å²) in [6, 6.07) is 34.3. The minimum Gasteiger partial charge on any atom is -0.370 e. The van der Waals surface area contributed by atoms with Gasteiger partial charge in [-0.3, -0.25) is 33.9 Å². The molecule has 2 aromatic heterocycles. The van der Waals surface area contributed by atoms with E-state index in [0.29, 0.717) is 35.2 Å². The molecule has 5 aromatic rings. The zero-order valence-corrected chi connectivity index (χ0v) is 26.7. The number of carbonyl (C=O) groups is 5. The monoisotopic (exact) mass is 661 g/mol. The predicted molar refractivity (Wildman–Crippen MR) is 189 cm³/mol. The lowest BCUT2D eigenvalue weighted by molar-refractivity contribution is -0.117. The van der Waals surface area contributed by atoms with E-state index < -0.39 is 17.7 Å². The van der Waals surface area contributed by atoms with E-state index in [1.54, 1.807) is 79.0 Å². The molecule has 0 spiro atoms. The number of allylic oxidation sites excluding steroid dienone is 1. The van der Waals surface area contributed by atoms with Gasteiger partial charge in [-0.2, -0.15) is 0 Å². The Morgan fingerprint density at radius 3 is 1.37 bits per heavy atom. The quantitative estimate of drug-likeness (QED) is 0.153. The highest BCUT2D eigenvalue weighted by Crippen LogP contribution is 2.18. The van der Waals surface area contributed by atoms with Gasteiger partial charge in [-0.15, -0.1) is 6.58 Å². The van der Waals surface area contributed by atoms with Crippen molar-refractivity contribution in [2.24, 2.45) is 28.7 Å². The van der Waals surface area contributed by atoms with E-state index in [4.69, 9.17) is 28.7 Å². The first-order valence-electron chi connectivity index (χ1n) is 14.6. The molecule has 0 saturated carbocycles. The summed E-state index contributed by atoms with van der Waals surface area (Å²) >= 11 is 0. The molecular weight excluding hydrogens is 622 g/mol. The molecule has 0 aliphatic carbocycles. The largest absolute Gasteiger partial charge is 0.370 e. The second kappa shape index (κ2) is 23.4. The first-order chi connectivity index (χ1) is 23.5. The maximum atomic E-state index is 10.9. The van der Waals surface area contributed by atoms with Gasteiger partial charge in [0.2, 0.25) is 23.6 Å². The average Bonchev–Trinajstić information content (AvgIpc) is 3.13. The molecule has 0 saturated heterocycles. The van der Waals surface area contributed by atoms with Crippen LogP contribution < -0.4 is 28.7 Å². The zero-order valence-electron chi connectivity index (χ0n) is 26.7. The molecule has 0 bridgehead atoms. The van der Waals surface area contributed by atoms with E-state index >= 15 is 0 Å². The number of hydrogen-bond acceptors (Lipinski definition) is 7. The van der Waals surface area contributed by atoms with Crippen LogP contribution in [0.2, 0.25) is 0 Å². The number of benzene rings is 3. The minimum atomic E-state index is -0.490. The number of carbonyl (C=O) groups excluding carboxylic acids is 5. The first kappa shape index (κ1) is 40.1. The van der Waals surface area contributed by atoms with Crippen molar-refractivity contribution in [3.05, 3.63) is 169 Å². The van der Waals surface area contributed by atoms with Crippen LogP contribution in [0.15, 0.2) is 147 Å². The Hall–Kier alpha value is -6.95. The molecule has 5 amide bonds. The maximum absolute atomic E-state index is 10.9. The van der Waals surface area contributed by atoms with E-state index in [-0.39, 0.29) is 11.8 Å². The maximum Gasteiger partial charge on any atom is 0.267 e. The lowest BCUT2D eigenvalue weighted by Crippen LogP contribution is -2.12. The molecule has 12 nitrogen and oxygen atoms in total. The van der Waals surface area contributed by atoms with E-state index in [1.165, 1.54) is 12.4 Å². The van der Waals surface area contributed by atoms with Gasteiger partial charge in [-0.25, -0.2) is 0 Å². The molecule has 0 aliphatic rings. The Morgan fingerprint density at radius 2 is 1.02 bits per heavy atom. The second-order valence-electron chi connectivity index (χ2n) is 9.52. The number of aromatic nitrogens is 2. The van der Waals surface area contributed by atoms with Crippen molar-refractivity contribution in [2.75, 3.05) is 0 Å². The van der Waals surface area contributed by atoms with Crippen LogP contribution in [0.5, 0.6) is 0 Å². The van der Waals surface area contributed by atoms with Gasteiger partial charge in [0.15, 0.2) is 0 Å². The van der Waals surface area contributed by atoms with Crippen LogP contribution in [0.3, 0.4) is 0 Å². The van der Waals surface area contributed by atoms with Crippen LogP contribution in [-0.2, 0) is 4.79 Å². The zero-order chi connectivity index (χ0) is 36.4. The molecule has 0 aliphatic heterocycles. The molecule has 10 N–H and O–H groups in total. The summed E-state index contributed by atoms with van der Waals surface area (Å²) in [7, 11) is 0. The molecule has 0 radical (unpaired) electrons. The van der Waals surface area contributed by atoms with Crippen LogP contribution >= 0.6 is 0 Å². The number of pyridine rings is 2. The van der Waals surface area contributed by atoms with Crippen LogP contribution in [-0.4, -0.2) is 39.5 Å². The Labute approximate surface area is 284 Å². The van der Waals surface area contributed by atoms with E-state index in [9.17, 15) is 24.0 Å². The molecule has 12 heteroatoms. The summed E-state index contributed by atoms with van der Waals surface area (Å²) in [6.07, 6.45) is 7.33. The Morgan fingerprint density at radius 1 is 0.531 bits per heavy atom. The third-order valence-corrected chi connectivity index (χ3v) is 5.79. The van der Waals surface area contributed by atoms with Gasteiger partial charge in [0.1, 0.15) is 5.69 Å². The molecule has 3 aromatic carbocycles. The Kier molecular flexibility index (Phi) is 19.1. The van der Waals surface area contributed by atoms with Crippen molar-refractivity contribution in [2.45, 2.75) is 12.8 Å². The number of hydrogen-bond donors (Lipinski definition) is 5. The van der Waals surface area contributed by atoms with Crippen LogP contribution in [0, 0.1) is 0 Å². The van der Waals surface area contributed by atoms with Crippen molar-refractivity contribution >= 4 is 29.5 Å². The van der Waals surface area contributed by atoms with Crippen LogP contribution in [0.25, 0.3) is 11.1 Å². The summed E-state index contributed by atoms with van der Waals surface area (Å²) < 4.78 is 0. The minimum absolute atomic E-state index is 0.264. The highest BCUT2D eigenvalue weighted by Gasteiger charge is 2.01. The third kappa shape index (κ3) is 18.0. The highest BCUT2D eigenvalue weighted by molar-refractivity contribution is 5.94. The van der Waals surface area contributed by atoms with Gasteiger partial charge in [0.25, 0.3) is 5.91 Å². The van der Waals surface area contributed by atoms with Gasteiger partial charge >= 0.3 is 0 Å². The average molecular weight is 662 g/mol. The normalized spacial score (nSPS) is 9.06. The van der Waals surface area contributed by atoms with Crippen molar-refractivity contribution in [1.29, 1.82) is 0 Å². The lowest BCUT2D eigenvalue weighted by atomic mass is 10.0. The fourth-order valence-corrected chi connectivity index (χ4v) is 3.32. The predicted octanol–water partition coefficient (Wildman–Crippen LogP) is 4.04. The van der Waals surface area contributed by atoms with Crippen LogP contribution in [0.1, 0.15) is 54.4 Å². The Bertz CT molecular complexity index is 1620. The fraction of sp³-hybridized carbons (Fsp3) is 0.0541. The molecule has 2 heterocycles. The molecule has 0 fully saturated rings. The molecule has 0 atom stereocenters. The summed E-state index contributed by atoms with van der Waals surface area (Å²) in [5.41, 5.74) is 28.8. The topological polar surface area (TPSA) is 241 Å². The number of nitrogens with two attached hydrogens (primary N) is 5. The van der Waals surface area contributed by atoms with Gasteiger partial charge < -0.3 is 28.7 Å². The standard InChI is InChI=1S/C13H11NO.C7H7NO.2C6H6N2O.C5H9NO/c14-13(15)12-8-6-11(7-9-12)10-4-2-1-3-5-10;8-7(9)6-4-2-1-3-5-6;7-6(9)5-2-1-3-8-4-5;7-6(9)5-3-1-2-4-8-5;1-2-3-4-5(6)7/h1-9H,(H2,14,15);1-5H,(H2,8,9);2*1-4H,(H2,7,9);2H,1,3-4H2,(H2,6,7). The summed E-state index contributed by atoms with van der Waals surface area (Å²) in [5, 5.41) is 0. The Balaban J connectivity index is 0.000000316. The van der Waals surface area contributed by atoms with E-state index in [0.717, 1.165) is 11.1 Å². The number of rotatable bonds is 8. The van der Waals surface area contributed by atoms with Gasteiger partial charge in [0.05, 0.1) is 5.56 Å². The molecule has 5 rings (SSSR count). The summed E-state index contributed by atoms with van der Waals surface area (Å²) in [5.74, 6) is -1.97. The summed E-state index contributed by atoms with van der Waals surface area (Å²) in [4.78, 5) is 59.4. The molecule has 0 unspecified atom stereocenters. The highest BCUT2D eigenvalue weighted by atomic mass is 16.2. The fourth-order valence-electron chi connectivity index (χ4n) is 3.32. The third-order valence-electron chi connectivity index (χ3n) is 5.79. The van der Waals surface area contributed by atoms with Gasteiger partial charge in [-0.05, 0) is 66.1 Å². The SMILES string of the molecule is C=CCCC(N)=O.NC(=O)c1ccc(-c2ccccc2)cc1.NC(=O)c1ccccc1.NC(=O)c1ccccn1.NC(=O)c1cccnc1. The van der Waals surface area contributed by atoms with E-state index in [2.05, 4.69) is 16.5 Å². The van der Waals surface area contributed by atoms with Crippen molar-refractivity contribution < 1.29 is 24.0 Å². The van der Waals surface area contributed by atoms with Crippen LogP contribution in [0.4, 0.5) is 0 Å². The van der Waals surface area contributed by atoms with Crippen molar-refractivity contribution in [3.63, 3.8) is 0 Å².